The number of aromatic hydroxyl groups is 1. The highest BCUT2D eigenvalue weighted by Crippen LogP contribution is 2.37. The molecule has 0 radical (unpaired) electrons. The van der Waals surface area contributed by atoms with Crippen LogP contribution >= 0.6 is 0 Å². The monoisotopic (exact) mass is 196 g/mol. The zero-order valence-corrected chi connectivity index (χ0v) is 7.90. The van der Waals surface area contributed by atoms with E-state index in [0.29, 0.717) is 24.7 Å². The standard InChI is InChI=1S/C10H12O4/c1-12-9-4-2-3-8(11)10(9)14-7-5-13-6-7/h2-4,7,11H,5-6H2,1H3. The summed E-state index contributed by atoms with van der Waals surface area (Å²) in [5, 5.41) is 9.55. The molecule has 4 heteroatoms. The van der Waals surface area contributed by atoms with E-state index in [-0.39, 0.29) is 11.9 Å². The van der Waals surface area contributed by atoms with Crippen LogP contribution in [0.1, 0.15) is 0 Å². The minimum Gasteiger partial charge on any atom is -0.504 e. The van der Waals surface area contributed by atoms with Gasteiger partial charge in [0, 0.05) is 0 Å². The number of benzene rings is 1. The van der Waals surface area contributed by atoms with Crippen LogP contribution in [-0.2, 0) is 4.74 Å². The predicted octanol–water partition coefficient (Wildman–Crippen LogP) is 1.18. The van der Waals surface area contributed by atoms with Gasteiger partial charge in [-0.15, -0.1) is 0 Å². The number of rotatable bonds is 3. The first kappa shape index (κ1) is 9.15. The second kappa shape index (κ2) is 3.75. The summed E-state index contributed by atoms with van der Waals surface area (Å²) < 4.78 is 15.5. The van der Waals surface area contributed by atoms with Crippen molar-refractivity contribution in [3.05, 3.63) is 18.2 Å². The van der Waals surface area contributed by atoms with Gasteiger partial charge in [-0.3, -0.25) is 0 Å². The van der Waals surface area contributed by atoms with Gasteiger partial charge in [0.2, 0.25) is 5.75 Å². The highest BCUT2D eigenvalue weighted by Gasteiger charge is 2.23. The lowest BCUT2D eigenvalue weighted by molar-refractivity contribution is -0.0810. The van der Waals surface area contributed by atoms with Gasteiger partial charge in [0.15, 0.2) is 11.5 Å². The summed E-state index contributed by atoms with van der Waals surface area (Å²) in [6.07, 6.45) is 0.0252. The fourth-order valence-electron chi connectivity index (χ4n) is 1.23. The van der Waals surface area contributed by atoms with Crippen molar-refractivity contribution in [1.82, 2.24) is 0 Å². The first-order valence-electron chi connectivity index (χ1n) is 4.41. The molecule has 0 spiro atoms. The van der Waals surface area contributed by atoms with Crippen molar-refractivity contribution in [3.8, 4) is 17.2 Å². The topological polar surface area (TPSA) is 47.9 Å². The van der Waals surface area contributed by atoms with E-state index in [1.54, 1.807) is 25.3 Å². The summed E-state index contributed by atoms with van der Waals surface area (Å²) in [6.45, 7) is 1.13. The normalized spacial score (nSPS) is 16.1. The van der Waals surface area contributed by atoms with Gasteiger partial charge in [-0.2, -0.15) is 0 Å². The largest absolute Gasteiger partial charge is 0.504 e. The third-order valence-corrected chi connectivity index (χ3v) is 2.07. The molecule has 1 aliphatic rings. The predicted molar refractivity (Wildman–Crippen MR) is 49.9 cm³/mol. The van der Waals surface area contributed by atoms with Gasteiger partial charge >= 0.3 is 0 Å². The van der Waals surface area contributed by atoms with Crippen molar-refractivity contribution in [3.63, 3.8) is 0 Å². The molecule has 0 unspecified atom stereocenters. The van der Waals surface area contributed by atoms with Gasteiger partial charge in [-0.05, 0) is 12.1 Å². The molecule has 76 valence electrons. The molecule has 0 atom stereocenters. The van der Waals surface area contributed by atoms with Crippen LogP contribution in [0.3, 0.4) is 0 Å². The van der Waals surface area contributed by atoms with E-state index in [4.69, 9.17) is 14.2 Å². The summed E-state index contributed by atoms with van der Waals surface area (Å²) in [7, 11) is 1.54. The highest BCUT2D eigenvalue weighted by molar-refractivity contribution is 5.50. The summed E-state index contributed by atoms with van der Waals surface area (Å²) in [5.74, 6) is 1.02. The van der Waals surface area contributed by atoms with Crippen molar-refractivity contribution < 1.29 is 19.3 Å². The molecule has 4 nitrogen and oxygen atoms in total. The summed E-state index contributed by atoms with van der Waals surface area (Å²) >= 11 is 0. The lowest BCUT2D eigenvalue weighted by atomic mass is 10.2. The minimum atomic E-state index is 0.0252. The Kier molecular flexibility index (Phi) is 2.45. The van der Waals surface area contributed by atoms with Crippen LogP contribution in [0.2, 0.25) is 0 Å². The Morgan fingerprint density at radius 3 is 2.79 bits per heavy atom. The zero-order valence-electron chi connectivity index (χ0n) is 7.90. The van der Waals surface area contributed by atoms with Crippen LogP contribution in [0.4, 0.5) is 0 Å². The van der Waals surface area contributed by atoms with Crippen LogP contribution in [0, 0.1) is 0 Å². The first-order valence-corrected chi connectivity index (χ1v) is 4.41. The molecule has 1 aromatic rings. The smallest absolute Gasteiger partial charge is 0.203 e. The molecular weight excluding hydrogens is 184 g/mol. The van der Waals surface area contributed by atoms with Crippen LogP contribution in [0.15, 0.2) is 18.2 Å². The van der Waals surface area contributed by atoms with Crippen molar-refractivity contribution in [2.75, 3.05) is 20.3 Å². The number of para-hydroxylation sites is 1. The molecule has 1 aliphatic heterocycles. The summed E-state index contributed by atoms with van der Waals surface area (Å²) in [4.78, 5) is 0. The highest BCUT2D eigenvalue weighted by atomic mass is 16.6. The SMILES string of the molecule is COc1cccc(O)c1OC1COC1. The van der Waals surface area contributed by atoms with Crippen molar-refractivity contribution in [2.45, 2.75) is 6.10 Å². The van der Waals surface area contributed by atoms with Crippen LogP contribution in [-0.4, -0.2) is 31.5 Å². The van der Waals surface area contributed by atoms with E-state index in [0.717, 1.165) is 0 Å². The van der Waals surface area contributed by atoms with Gasteiger partial charge in [-0.1, -0.05) is 6.07 Å². The molecule has 1 heterocycles. The third-order valence-electron chi connectivity index (χ3n) is 2.07. The van der Waals surface area contributed by atoms with E-state index in [1.165, 1.54) is 0 Å². The van der Waals surface area contributed by atoms with Crippen molar-refractivity contribution >= 4 is 0 Å². The Morgan fingerprint density at radius 2 is 2.21 bits per heavy atom. The molecule has 1 saturated heterocycles. The third kappa shape index (κ3) is 1.61. The van der Waals surface area contributed by atoms with E-state index in [2.05, 4.69) is 0 Å². The quantitative estimate of drug-likeness (QED) is 0.788. The molecule has 1 aromatic carbocycles. The average molecular weight is 196 g/mol. The lowest BCUT2D eigenvalue weighted by Crippen LogP contribution is -2.38. The maximum atomic E-state index is 9.55. The second-order valence-electron chi connectivity index (χ2n) is 3.09. The Hall–Kier alpha value is -1.42. The molecule has 0 amide bonds. The number of hydrogen-bond acceptors (Lipinski definition) is 4. The van der Waals surface area contributed by atoms with Crippen LogP contribution in [0.5, 0.6) is 17.2 Å². The van der Waals surface area contributed by atoms with E-state index in [1.807, 2.05) is 0 Å². The van der Waals surface area contributed by atoms with Gasteiger partial charge in [0.05, 0.1) is 20.3 Å². The summed E-state index contributed by atoms with van der Waals surface area (Å²) in [5.41, 5.74) is 0. The van der Waals surface area contributed by atoms with Gasteiger partial charge in [0.25, 0.3) is 0 Å². The van der Waals surface area contributed by atoms with Crippen molar-refractivity contribution in [1.29, 1.82) is 0 Å². The molecule has 2 rings (SSSR count). The van der Waals surface area contributed by atoms with E-state index < -0.39 is 0 Å². The molecule has 1 N–H and O–H groups in total. The number of phenols is 1. The van der Waals surface area contributed by atoms with Gasteiger partial charge in [0.1, 0.15) is 6.10 Å². The fraction of sp³-hybridized carbons (Fsp3) is 0.400. The lowest BCUT2D eigenvalue weighted by Gasteiger charge is -2.27. The van der Waals surface area contributed by atoms with Crippen LogP contribution < -0.4 is 9.47 Å². The Morgan fingerprint density at radius 1 is 1.43 bits per heavy atom. The Bertz CT molecular complexity index is 320. The number of phenolic OH excluding ortho intramolecular Hbond substituents is 1. The van der Waals surface area contributed by atoms with Crippen molar-refractivity contribution in [2.24, 2.45) is 0 Å². The first-order chi connectivity index (χ1) is 6.81. The number of methoxy groups -OCH3 is 1. The number of hydrogen-bond donors (Lipinski definition) is 1. The molecule has 0 aromatic heterocycles. The molecule has 0 saturated carbocycles. The molecular formula is C10H12O4. The van der Waals surface area contributed by atoms with Gasteiger partial charge in [-0.25, -0.2) is 0 Å². The fourth-order valence-corrected chi connectivity index (χ4v) is 1.23. The Labute approximate surface area is 82.0 Å². The minimum absolute atomic E-state index is 0.0252. The van der Waals surface area contributed by atoms with Crippen LogP contribution in [0.25, 0.3) is 0 Å². The maximum Gasteiger partial charge on any atom is 0.203 e. The summed E-state index contributed by atoms with van der Waals surface area (Å²) in [6, 6.07) is 5.02. The Balaban J connectivity index is 2.19. The zero-order chi connectivity index (χ0) is 9.97. The number of ether oxygens (including phenoxy) is 3. The maximum absolute atomic E-state index is 9.55. The average Bonchev–Trinajstić information content (AvgIpc) is 2.12. The van der Waals surface area contributed by atoms with E-state index >= 15 is 0 Å². The molecule has 0 aliphatic carbocycles. The molecule has 14 heavy (non-hydrogen) atoms. The molecule has 1 fully saturated rings. The van der Waals surface area contributed by atoms with E-state index in [9.17, 15) is 5.11 Å². The molecule has 0 bridgehead atoms. The second-order valence-corrected chi connectivity index (χ2v) is 3.09. The van der Waals surface area contributed by atoms with Gasteiger partial charge < -0.3 is 19.3 Å².